The van der Waals surface area contributed by atoms with Gasteiger partial charge in [-0.05, 0) is 31.1 Å². The molecule has 0 N–H and O–H groups in total. The Morgan fingerprint density at radius 2 is 0.461 bits per heavy atom. The standard InChI is InChI=1S/C70H136O6/c1-6-9-10-11-12-13-14-15-16-17-21-25-32-37-42-47-52-57-62-70(73)76-67(64-75-69(72)61-56-51-46-41-36-31-27-26-29-34-39-44-49-54-59-66(5)8-3)63-74-68(71)60-55-50-45-40-35-30-24-22-19-18-20-23-28-33-38-43-48-53-58-65(4)7-2/h65-67H,6-64H2,1-5H3/t65?,66?,67-/m1/s1. The van der Waals surface area contributed by atoms with Crippen LogP contribution in [0.3, 0.4) is 0 Å². The molecule has 452 valence electrons. The lowest BCUT2D eigenvalue weighted by molar-refractivity contribution is -0.167. The highest BCUT2D eigenvalue weighted by Gasteiger charge is 2.20. The van der Waals surface area contributed by atoms with Crippen LogP contribution in [0.15, 0.2) is 0 Å². The van der Waals surface area contributed by atoms with Gasteiger partial charge in [0.1, 0.15) is 13.2 Å². The van der Waals surface area contributed by atoms with E-state index in [4.69, 9.17) is 14.2 Å². The van der Waals surface area contributed by atoms with E-state index in [1.54, 1.807) is 0 Å². The Morgan fingerprint density at radius 3 is 0.684 bits per heavy atom. The molecule has 0 aliphatic heterocycles. The van der Waals surface area contributed by atoms with Crippen molar-refractivity contribution in [3.8, 4) is 0 Å². The van der Waals surface area contributed by atoms with Crippen molar-refractivity contribution in [3.05, 3.63) is 0 Å². The van der Waals surface area contributed by atoms with Crippen molar-refractivity contribution in [1.82, 2.24) is 0 Å². The Balaban J connectivity index is 4.27. The maximum atomic E-state index is 12.9. The van der Waals surface area contributed by atoms with Crippen LogP contribution in [0.25, 0.3) is 0 Å². The largest absolute Gasteiger partial charge is 0.462 e. The maximum absolute atomic E-state index is 12.9. The number of hydrogen-bond acceptors (Lipinski definition) is 6. The van der Waals surface area contributed by atoms with Gasteiger partial charge in [0, 0.05) is 19.3 Å². The first-order valence-corrected chi connectivity index (χ1v) is 34.8. The van der Waals surface area contributed by atoms with E-state index in [0.29, 0.717) is 19.3 Å². The van der Waals surface area contributed by atoms with Gasteiger partial charge in [-0.3, -0.25) is 14.4 Å². The van der Waals surface area contributed by atoms with E-state index in [1.807, 2.05) is 0 Å². The van der Waals surface area contributed by atoms with Crippen LogP contribution in [-0.2, 0) is 28.6 Å². The Bertz CT molecular complexity index is 1170. The third-order valence-corrected chi connectivity index (χ3v) is 16.9. The van der Waals surface area contributed by atoms with Crippen LogP contribution in [-0.4, -0.2) is 37.2 Å². The molecule has 0 bridgehead atoms. The summed E-state index contributed by atoms with van der Waals surface area (Å²) >= 11 is 0. The van der Waals surface area contributed by atoms with Gasteiger partial charge in [0.05, 0.1) is 0 Å². The van der Waals surface area contributed by atoms with Crippen LogP contribution in [0, 0.1) is 11.8 Å². The van der Waals surface area contributed by atoms with E-state index in [0.717, 1.165) is 69.6 Å². The van der Waals surface area contributed by atoms with Crippen molar-refractivity contribution in [3.63, 3.8) is 0 Å². The molecule has 0 aromatic carbocycles. The second-order valence-corrected chi connectivity index (χ2v) is 24.7. The number of rotatable bonds is 64. The van der Waals surface area contributed by atoms with Crippen LogP contribution < -0.4 is 0 Å². The van der Waals surface area contributed by atoms with Crippen molar-refractivity contribution in [2.45, 2.75) is 407 Å². The summed E-state index contributed by atoms with van der Waals surface area (Å²) in [5, 5.41) is 0. The molecule has 0 amide bonds. The van der Waals surface area contributed by atoms with Gasteiger partial charge in [-0.2, -0.15) is 0 Å². The van der Waals surface area contributed by atoms with E-state index in [1.165, 1.54) is 289 Å². The first-order chi connectivity index (χ1) is 37.3. The number of hydrogen-bond donors (Lipinski definition) is 0. The zero-order valence-electron chi connectivity index (χ0n) is 52.4. The van der Waals surface area contributed by atoms with Crippen LogP contribution in [0.5, 0.6) is 0 Å². The summed E-state index contributed by atoms with van der Waals surface area (Å²) in [6.45, 7) is 11.5. The molecule has 0 aliphatic rings. The molecular formula is C70H136O6. The fraction of sp³-hybridized carbons (Fsp3) is 0.957. The second kappa shape index (κ2) is 62.6. The summed E-state index contributed by atoms with van der Waals surface area (Å²) in [5.41, 5.74) is 0. The Hall–Kier alpha value is -1.59. The highest BCUT2D eigenvalue weighted by molar-refractivity contribution is 5.71. The fourth-order valence-corrected chi connectivity index (χ4v) is 10.9. The van der Waals surface area contributed by atoms with Crippen molar-refractivity contribution in [2.75, 3.05) is 13.2 Å². The molecule has 0 spiro atoms. The average molecular weight is 1070 g/mol. The normalized spacial score (nSPS) is 12.8. The molecule has 76 heavy (non-hydrogen) atoms. The predicted molar refractivity (Wildman–Crippen MR) is 330 cm³/mol. The van der Waals surface area contributed by atoms with Gasteiger partial charge in [0.15, 0.2) is 6.10 Å². The van der Waals surface area contributed by atoms with Crippen LogP contribution >= 0.6 is 0 Å². The minimum atomic E-state index is -0.764. The van der Waals surface area contributed by atoms with Crippen LogP contribution in [0.4, 0.5) is 0 Å². The Kier molecular flexibility index (Phi) is 61.3. The molecular weight excluding hydrogens is 937 g/mol. The minimum absolute atomic E-state index is 0.0613. The lowest BCUT2D eigenvalue weighted by Crippen LogP contribution is -2.30. The molecule has 0 heterocycles. The van der Waals surface area contributed by atoms with Gasteiger partial charge in [-0.1, -0.05) is 362 Å². The van der Waals surface area contributed by atoms with Crippen molar-refractivity contribution >= 4 is 17.9 Å². The molecule has 0 aromatic heterocycles. The molecule has 2 unspecified atom stereocenters. The minimum Gasteiger partial charge on any atom is -0.462 e. The summed E-state index contributed by atoms with van der Waals surface area (Å²) in [7, 11) is 0. The molecule has 0 aromatic rings. The molecule has 6 heteroatoms. The number of carbonyl (C=O) groups excluding carboxylic acids is 3. The average Bonchev–Trinajstić information content (AvgIpc) is 3.42. The molecule has 0 aliphatic carbocycles. The maximum Gasteiger partial charge on any atom is 0.306 e. The molecule has 3 atom stereocenters. The smallest absolute Gasteiger partial charge is 0.306 e. The highest BCUT2D eigenvalue weighted by Crippen LogP contribution is 2.20. The summed E-state index contributed by atoms with van der Waals surface area (Å²) in [6, 6.07) is 0. The lowest BCUT2D eigenvalue weighted by atomic mass is 9.99. The van der Waals surface area contributed by atoms with E-state index in [9.17, 15) is 14.4 Å². The number of carbonyl (C=O) groups is 3. The fourth-order valence-electron chi connectivity index (χ4n) is 10.9. The molecule has 0 rings (SSSR count). The number of unbranched alkanes of at least 4 members (excludes halogenated alkanes) is 47. The Morgan fingerprint density at radius 1 is 0.263 bits per heavy atom. The van der Waals surface area contributed by atoms with E-state index < -0.39 is 6.10 Å². The lowest BCUT2D eigenvalue weighted by Gasteiger charge is -2.18. The van der Waals surface area contributed by atoms with Gasteiger partial charge < -0.3 is 14.2 Å². The monoisotopic (exact) mass is 1070 g/mol. The summed E-state index contributed by atoms with van der Waals surface area (Å²) < 4.78 is 17.0. The summed E-state index contributed by atoms with van der Waals surface area (Å²) in [4.78, 5) is 38.4. The zero-order chi connectivity index (χ0) is 55.3. The number of esters is 3. The summed E-state index contributed by atoms with van der Waals surface area (Å²) in [5.74, 6) is 0.981. The van der Waals surface area contributed by atoms with Gasteiger partial charge in [0.2, 0.25) is 0 Å². The molecule has 0 saturated heterocycles. The van der Waals surface area contributed by atoms with Crippen molar-refractivity contribution in [1.29, 1.82) is 0 Å². The van der Waals surface area contributed by atoms with Crippen LogP contribution in [0.1, 0.15) is 401 Å². The Labute approximate surface area is 476 Å². The first-order valence-electron chi connectivity index (χ1n) is 34.8. The quantitative estimate of drug-likeness (QED) is 0.0343. The van der Waals surface area contributed by atoms with E-state index >= 15 is 0 Å². The second-order valence-electron chi connectivity index (χ2n) is 24.7. The highest BCUT2D eigenvalue weighted by atomic mass is 16.6. The van der Waals surface area contributed by atoms with E-state index in [-0.39, 0.29) is 31.1 Å². The zero-order valence-corrected chi connectivity index (χ0v) is 52.4. The SMILES string of the molecule is CCCCCCCCCCCCCCCCCCCCC(=O)O[C@H](COC(=O)CCCCCCCCCCCCCCCCCCCCC(C)CC)COC(=O)CCCCCCCCCCCCCCCCC(C)CC. The van der Waals surface area contributed by atoms with Gasteiger partial charge >= 0.3 is 17.9 Å². The molecule has 0 fully saturated rings. The van der Waals surface area contributed by atoms with Gasteiger partial charge in [-0.15, -0.1) is 0 Å². The molecule has 0 radical (unpaired) electrons. The molecule has 0 saturated carbocycles. The predicted octanol–water partition coefficient (Wildman–Crippen LogP) is 23.6. The van der Waals surface area contributed by atoms with Gasteiger partial charge in [0.25, 0.3) is 0 Å². The summed E-state index contributed by atoms with van der Waals surface area (Å²) in [6.07, 6.45) is 71.0. The van der Waals surface area contributed by atoms with Crippen LogP contribution in [0.2, 0.25) is 0 Å². The van der Waals surface area contributed by atoms with Crippen molar-refractivity contribution < 1.29 is 28.6 Å². The topological polar surface area (TPSA) is 78.9 Å². The third kappa shape index (κ3) is 60.1. The first kappa shape index (κ1) is 74.4. The molecule has 6 nitrogen and oxygen atoms in total. The van der Waals surface area contributed by atoms with Crippen molar-refractivity contribution in [2.24, 2.45) is 11.8 Å². The third-order valence-electron chi connectivity index (χ3n) is 16.9. The van der Waals surface area contributed by atoms with Gasteiger partial charge in [-0.25, -0.2) is 0 Å². The van der Waals surface area contributed by atoms with E-state index in [2.05, 4.69) is 34.6 Å². The number of ether oxygens (including phenoxy) is 3.